The van der Waals surface area contributed by atoms with Gasteiger partial charge < -0.3 is 9.47 Å². The molecule has 2 atom stereocenters. The van der Waals surface area contributed by atoms with Crippen LogP contribution in [0.2, 0.25) is 0 Å². The van der Waals surface area contributed by atoms with Crippen molar-refractivity contribution in [3.8, 4) is 0 Å². The van der Waals surface area contributed by atoms with E-state index in [1.165, 1.54) is 12.8 Å². The molecule has 1 N–H and O–H groups in total. The van der Waals surface area contributed by atoms with Crippen molar-refractivity contribution in [2.75, 3.05) is 32.8 Å². The molecule has 2 aliphatic heterocycles. The van der Waals surface area contributed by atoms with E-state index in [9.17, 15) is 0 Å². The predicted molar refractivity (Wildman–Crippen MR) is 65.2 cm³/mol. The van der Waals surface area contributed by atoms with Gasteiger partial charge in [-0.3, -0.25) is 10.00 Å². The summed E-state index contributed by atoms with van der Waals surface area (Å²) in [6.07, 6.45) is 2.77. The fraction of sp³-hybridized carbons (Fsp3) is 0.833. The average Bonchev–Trinajstić information content (AvgIpc) is 3.01. The van der Waals surface area contributed by atoms with Crippen LogP contribution < -0.4 is 0 Å². The molecule has 0 bridgehead atoms. The normalized spacial score (nSPS) is 29.8. The summed E-state index contributed by atoms with van der Waals surface area (Å²) in [5.74, 6) is 1.61. The van der Waals surface area contributed by atoms with Gasteiger partial charge in [0.2, 0.25) is 0 Å². The number of aromatic amines is 1. The van der Waals surface area contributed by atoms with Crippen molar-refractivity contribution in [3.05, 3.63) is 11.6 Å². The van der Waals surface area contributed by atoms with E-state index < -0.39 is 0 Å². The van der Waals surface area contributed by atoms with E-state index in [2.05, 4.69) is 20.1 Å². The third-order valence-electron chi connectivity index (χ3n) is 3.54. The Kier molecular flexibility index (Phi) is 3.58. The second-order valence-electron chi connectivity index (χ2n) is 5.03. The molecule has 18 heavy (non-hydrogen) atoms. The van der Waals surface area contributed by atoms with Gasteiger partial charge in [-0.1, -0.05) is 0 Å². The van der Waals surface area contributed by atoms with Crippen LogP contribution in [0.15, 0.2) is 0 Å². The number of hydrogen-bond donors (Lipinski definition) is 1. The van der Waals surface area contributed by atoms with Crippen molar-refractivity contribution in [3.63, 3.8) is 0 Å². The van der Waals surface area contributed by atoms with Crippen LogP contribution in [0.5, 0.6) is 0 Å². The molecule has 0 amide bonds. The lowest BCUT2D eigenvalue weighted by Gasteiger charge is -2.32. The van der Waals surface area contributed by atoms with E-state index in [0.29, 0.717) is 6.10 Å². The second-order valence-corrected chi connectivity index (χ2v) is 5.03. The molecule has 2 saturated heterocycles. The molecule has 1 aromatic heterocycles. The number of H-pyrrole nitrogens is 1. The van der Waals surface area contributed by atoms with Crippen LogP contribution in [0.1, 0.15) is 30.6 Å². The van der Waals surface area contributed by atoms with Gasteiger partial charge in [-0.15, -0.1) is 0 Å². The highest BCUT2D eigenvalue weighted by molar-refractivity contribution is 4.95. The molecule has 2 fully saturated rings. The molecule has 100 valence electrons. The van der Waals surface area contributed by atoms with Crippen LogP contribution in [0.4, 0.5) is 0 Å². The summed E-state index contributed by atoms with van der Waals surface area (Å²) >= 11 is 0. The number of nitrogens with one attached hydrogen (secondary N) is 1. The minimum atomic E-state index is -0.00916. The van der Waals surface area contributed by atoms with E-state index in [1.807, 2.05) is 6.92 Å². The van der Waals surface area contributed by atoms with Crippen LogP contribution >= 0.6 is 0 Å². The smallest absolute Gasteiger partial charge is 0.180 e. The molecular formula is C12H20N4O2. The summed E-state index contributed by atoms with van der Waals surface area (Å²) in [4.78, 5) is 6.75. The molecule has 6 heteroatoms. The van der Waals surface area contributed by atoms with Crippen LogP contribution in [-0.2, 0) is 9.47 Å². The largest absolute Gasteiger partial charge is 0.377 e. The molecule has 0 spiro atoms. The summed E-state index contributed by atoms with van der Waals surface area (Å²) in [6.45, 7) is 6.40. The van der Waals surface area contributed by atoms with Crippen LogP contribution in [0, 0.1) is 6.92 Å². The quantitative estimate of drug-likeness (QED) is 0.856. The maximum Gasteiger partial charge on any atom is 0.180 e. The highest BCUT2D eigenvalue weighted by Crippen LogP contribution is 2.21. The molecule has 1 aromatic rings. The Hall–Kier alpha value is -0.980. The fourth-order valence-electron chi connectivity index (χ4n) is 2.60. The maximum absolute atomic E-state index is 5.74. The molecule has 0 aliphatic carbocycles. The van der Waals surface area contributed by atoms with Gasteiger partial charge in [-0.25, -0.2) is 4.98 Å². The summed E-state index contributed by atoms with van der Waals surface area (Å²) in [5.41, 5.74) is 0. The minimum Gasteiger partial charge on any atom is -0.377 e. The summed E-state index contributed by atoms with van der Waals surface area (Å²) < 4.78 is 11.4. The van der Waals surface area contributed by atoms with Gasteiger partial charge in [0.15, 0.2) is 5.82 Å². The minimum absolute atomic E-state index is 0.00916. The average molecular weight is 252 g/mol. The number of aryl methyl sites for hydroxylation is 1. The van der Waals surface area contributed by atoms with Crippen molar-refractivity contribution in [2.45, 2.75) is 32.0 Å². The van der Waals surface area contributed by atoms with E-state index in [-0.39, 0.29) is 6.10 Å². The van der Waals surface area contributed by atoms with E-state index in [4.69, 9.17) is 9.47 Å². The van der Waals surface area contributed by atoms with Gasteiger partial charge in [0.1, 0.15) is 11.9 Å². The number of hydrogen-bond acceptors (Lipinski definition) is 5. The van der Waals surface area contributed by atoms with Crippen molar-refractivity contribution in [1.82, 2.24) is 20.1 Å². The molecule has 0 radical (unpaired) electrons. The first-order valence-corrected chi connectivity index (χ1v) is 6.66. The Morgan fingerprint density at radius 2 is 2.33 bits per heavy atom. The zero-order chi connectivity index (χ0) is 12.4. The van der Waals surface area contributed by atoms with Gasteiger partial charge >= 0.3 is 0 Å². The van der Waals surface area contributed by atoms with Gasteiger partial charge in [0.05, 0.1) is 12.7 Å². The number of morpholine rings is 1. The van der Waals surface area contributed by atoms with Crippen molar-refractivity contribution >= 4 is 0 Å². The highest BCUT2D eigenvalue weighted by atomic mass is 16.5. The van der Waals surface area contributed by atoms with Crippen LogP contribution in [-0.4, -0.2) is 59.0 Å². The number of nitrogens with zero attached hydrogens (tertiary/aromatic N) is 3. The maximum atomic E-state index is 5.74. The lowest BCUT2D eigenvalue weighted by Crippen LogP contribution is -2.42. The topological polar surface area (TPSA) is 63.3 Å². The Bertz CT molecular complexity index is 389. The lowest BCUT2D eigenvalue weighted by molar-refractivity contribution is -0.0481. The first kappa shape index (κ1) is 12.1. The SMILES string of the molecule is Cc1nc([C@@H]2CN(C[C@H]3CCCO3)CCO2)n[nH]1. The van der Waals surface area contributed by atoms with Crippen molar-refractivity contribution in [1.29, 1.82) is 0 Å². The Balaban J connectivity index is 1.57. The predicted octanol–water partition coefficient (Wildman–Crippen LogP) is 0.665. The zero-order valence-electron chi connectivity index (χ0n) is 10.8. The van der Waals surface area contributed by atoms with E-state index in [0.717, 1.165) is 44.5 Å². The number of aromatic nitrogens is 3. The molecule has 0 aromatic carbocycles. The van der Waals surface area contributed by atoms with Gasteiger partial charge in [-0.05, 0) is 19.8 Å². The lowest BCUT2D eigenvalue weighted by atomic mass is 10.2. The monoisotopic (exact) mass is 252 g/mol. The molecule has 3 rings (SSSR count). The molecule has 2 aliphatic rings. The van der Waals surface area contributed by atoms with Gasteiger partial charge in [0, 0.05) is 26.2 Å². The first-order valence-electron chi connectivity index (χ1n) is 6.66. The standard InChI is InChI=1S/C12H20N4O2/c1-9-13-12(15-14-9)11-8-16(4-6-18-11)7-10-3-2-5-17-10/h10-11H,2-8H2,1H3,(H,13,14,15)/t10-,11+/m1/s1. The molecule has 6 nitrogen and oxygen atoms in total. The van der Waals surface area contributed by atoms with E-state index in [1.54, 1.807) is 0 Å². The summed E-state index contributed by atoms with van der Waals surface area (Å²) in [5, 5.41) is 7.06. The zero-order valence-corrected chi connectivity index (χ0v) is 10.8. The Labute approximate surface area is 107 Å². The molecule has 0 unspecified atom stereocenters. The van der Waals surface area contributed by atoms with Crippen molar-refractivity contribution < 1.29 is 9.47 Å². The van der Waals surface area contributed by atoms with Gasteiger partial charge in [0.25, 0.3) is 0 Å². The van der Waals surface area contributed by atoms with Gasteiger partial charge in [-0.2, -0.15) is 5.10 Å². The van der Waals surface area contributed by atoms with Crippen LogP contribution in [0.3, 0.4) is 0 Å². The first-order chi connectivity index (χ1) is 8.81. The Morgan fingerprint density at radius 1 is 1.39 bits per heavy atom. The molecule has 3 heterocycles. The fourth-order valence-corrected chi connectivity index (χ4v) is 2.60. The second kappa shape index (κ2) is 5.34. The third kappa shape index (κ3) is 2.71. The highest BCUT2D eigenvalue weighted by Gasteiger charge is 2.27. The molecular weight excluding hydrogens is 232 g/mol. The number of ether oxygens (including phenoxy) is 2. The number of rotatable bonds is 3. The van der Waals surface area contributed by atoms with E-state index >= 15 is 0 Å². The van der Waals surface area contributed by atoms with Crippen LogP contribution in [0.25, 0.3) is 0 Å². The molecule has 0 saturated carbocycles. The third-order valence-corrected chi connectivity index (χ3v) is 3.54. The summed E-state index contributed by atoms with van der Waals surface area (Å²) in [6, 6.07) is 0. The summed E-state index contributed by atoms with van der Waals surface area (Å²) in [7, 11) is 0. The van der Waals surface area contributed by atoms with Crippen molar-refractivity contribution in [2.24, 2.45) is 0 Å². The Morgan fingerprint density at radius 3 is 3.06 bits per heavy atom.